The summed E-state index contributed by atoms with van der Waals surface area (Å²) in [6, 6.07) is 0. The van der Waals surface area contributed by atoms with Crippen molar-refractivity contribution in [2.24, 2.45) is 0 Å². The summed E-state index contributed by atoms with van der Waals surface area (Å²) in [5, 5.41) is 11.0. The largest absolute Gasteiger partial charge is 0.367 e. The van der Waals surface area contributed by atoms with E-state index >= 15 is 0 Å². The van der Waals surface area contributed by atoms with Gasteiger partial charge in [0.1, 0.15) is 5.94 Å². The molecule has 0 saturated carbocycles. The van der Waals surface area contributed by atoms with Crippen molar-refractivity contribution >= 4 is 45.6 Å². The molecule has 0 aromatic carbocycles. The predicted molar refractivity (Wildman–Crippen MR) is 90.8 cm³/mol. The Morgan fingerprint density at radius 2 is 2.17 bits per heavy atom. The van der Waals surface area contributed by atoms with Crippen molar-refractivity contribution in [2.45, 2.75) is 13.5 Å². The average Bonchev–Trinajstić information content (AvgIpc) is 3.25. The van der Waals surface area contributed by atoms with Crippen LogP contribution in [0.5, 0.6) is 0 Å². The van der Waals surface area contributed by atoms with Gasteiger partial charge in [-0.15, -0.1) is 5.10 Å². The van der Waals surface area contributed by atoms with E-state index in [-0.39, 0.29) is 0 Å². The molecule has 5 heterocycles. The third-order valence-corrected chi connectivity index (χ3v) is 4.96. The summed E-state index contributed by atoms with van der Waals surface area (Å²) in [7, 11) is 0. The van der Waals surface area contributed by atoms with Crippen molar-refractivity contribution in [3.8, 4) is 0 Å². The Morgan fingerprint density at radius 3 is 3.00 bits per heavy atom. The molecule has 0 unspecified atom stereocenters. The highest BCUT2D eigenvalue weighted by Gasteiger charge is 2.19. The third-order valence-electron chi connectivity index (χ3n) is 4.03. The van der Waals surface area contributed by atoms with Crippen LogP contribution in [0.2, 0.25) is 0 Å². The van der Waals surface area contributed by atoms with Gasteiger partial charge < -0.3 is 4.74 Å². The first-order valence-corrected chi connectivity index (χ1v) is 8.63. The molecule has 1 fully saturated rings. The highest BCUT2D eigenvalue weighted by molar-refractivity contribution is 8.00. The summed E-state index contributed by atoms with van der Waals surface area (Å²) < 4.78 is 11.1. The maximum absolute atomic E-state index is 5.36. The van der Waals surface area contributed by atoms with Crippen molar-refractivity contribution in [3.63, 3.8) is 0 Å². The minimum Gasteiger partial charge on any atom is -0.367 e. The van der Waals surface area contributed by atoms with Crippen LogP contribution in [0.1, 0.15) is 6.92 Å². The van der Waals surface area contributed by atoms with Gasteiger partial charge in [0.2, 0.25) is 0 Å². The lowest BCUT2D eigenvalue weighted by molar-refractivity contribution is 0.184. The Hall–Kier alpha value is -2.46. The number of ether oxygens (including phenoxy) is 1. The number of aryl methyl sites for hydroxylation is 1. The standard InChI is InChI=1S/C14H14N8OS/c1-2-20-12-10(7-17-20)11-9(5-15-12)6-16-13-18-14(19-22(11)13)21-3-4-23-8-24-21/h5-7H,2-4,8H2,1H3. The van der Waals surface area contributed by atoms with Gasteiger partial charge in [0, 0.05) is 24.3 Å². The molecule has 122 valence electrons. The van der Waals surface area contributed by atoms with Crippen LogP contribution in [-0.2, 0) is 11.3 Å². The third kappa shape index (κ3) is 1.96. The average molecular weight is 342 g/mol. The second-order valence-electron chi connectivity index (χ2n) is 5.40. The fraction of sp³-hybridized carbons (Fsp3) is 0.357. The summed E-state index contributed by atoms with van der Waals surface area (Å²) in [6.45, 7) is 4.24. The zero-order valence-corrected chi connectivity index (χ0v) is 13.8. The molecular formula is C14H14N8OS. The molecule has 4 aromatic rings. The van der Waals surface area contributed by atoms with Crippen LogP contribution < -0.4 is 4.31 Å². The number of anilines is 1. The number of aromatic nitrogens is 7. The lowest BCUT2D eigenvalue weighted by atomic mass is 10.2. The lowest BCUT2D eigenvalue weighted by Crippen LogP contribution is -2.27. The highest BCUT2D eigenvalue weighted by Crippen LogP contribution is 2.26. The van der Waals surface area contributed by atoms with Gasteiger partial charge in [-0.25, -0.2) is 14.6 Å². The lowest BCUT2D eigenvalue weighted by Gasteiger charge is -2.23. The Kier molecular flexibility index (Phi) is 3.06. The molecule has 9 nitrogen and oxygen atoms in total. The molecule has 0 aliphatic carbocycles. The monoisotopic (exact) mass is 342 g/mol. The molecule has 1 aliphatic heterocycles. The topological polar surface area (TPSA) is 86.3 Å². The SMILES string of the molecule is CCn1ncc2c1ncc1cnc3nc(N4CCOCS4)nn3c12. The minimum absolute atomic E-state index is 0.571. The molecule has 0 spiro atoms. The molecule has 0 N–H and O–H groups in total. The molecular weight excluding hydrogens is 328 g/mol. The van der Waals surface area contributed by atoms with Crippen molar-refractivity contribution < 1.29 is 4.74 Å². The molecule has 1 aliphatic rings. The summed E-state index contributed by atoms with van der Waals surface area (Å²) in [6.07, 6.45) is 5.42. The molecule has 0 bridgehead atoms. The van der Waals surface area contributed by atoms with E-state index in [2.05, 4.69) is 25.1 Å². The zero-order chi connectivity index (χ0) is 16.1. The summed E-state index contributed by atoms with van der Waals surface area (Å²) in [4.78, 5) is 13.5. The van der Waals surface area contributed by atoms with Gasteiger partial charge in [0.15, 0.2) is 5.65 Å². The second kappa shape index (κ2) is 5.28. The molecule has 0 atom stereocenters. The smallest absolute Gasteiger partial charge is 0.257 e. The zero-order valence-electron chi connectivity index (χ0n) is 13.0. The Labute approximate surface area is 140 Å². The Balaban J connectivity index is 1.78. The van der Waals surface area contributed by atoms with Crippen molar-refractivity contribution in [1.29, 1.82) is 0 Å². The van der Waals surface area contributed by atoms with Crippen LogP contribution in [0, 0.1) is 0 Å². The van der Waals surface area contributed by atoms with Crippen LogP contribution >= 0.6 is 11.9 Å². The van der Waals surface area contributed by atoms with Crippen LogP contribution in [0.25, 0.3) is 27.7 Å². The summed E-state index contributed by atoms with van der Waals surface area (Å²) in [5.41, 5.74) is 1.78. The predicted octanol–water partition coefficient (Wildman–Crippen LogP) is 1.48. The van der Waals surface area contributed by atoms with Gasteiger partial charge in [0.05, 0.1) is 30.3 Å². The molecule has 0 radical (unpaired) electrons. The van der Waals surface area contributed by atoms with Crippen molar-refractivity contribution in [3.05, 3.63) is 18.6 Å². The van der Waals surface area contributed by atoms with Gasteiger partial charge in [0.25, 0.3) is 11.7 Å². The van der Waals surface area contributed by atoms with E-state index in [0.29, 0.717) is 24.3 Å². The van der Waals surface area contributed by atoms with E-state index in [9.17, 15) is 0 Å². The molecule has 0 amide bonds. The van der Waals surface area contributed by atoms with E-state index in [1.54, 1.807) is 22.7 Å². The van der Waals surface area contributed by atoms with Crippen molar-refractivity contribution in [2.75, 3.05) is 23.4 Å². The second-order valence-corrected chi connectivity index (χ2v) is 6.33. The number of fused-ring (bicyclic) bond motifs is 5. The molecule has 24 heavy (non-hydrogen) atoms. The van der Waals surface area contributed by atoms with E-state index < -0.39 is 0 Å². The first-order chi connectivity index (χ1) is 11.8. The fourth-order valence-corrected chi connectivity index (χ4v) is 3.60. The van der Waals surface area contributed by atoms with Gasteiger partial charge in [-0.05, 0) is 18.9 Å². The Bertz CT molecular complexity index is 1050. The summed E-state index contributed by atoms with van der Waals surface area (Å²) >= 11 is 1.56. The minimum atomic E-state index is 0.571. The van der Waals surface area contributed by atoms with Gasteiger partial charge >= 0.3 is 0 Å². The number of pyridine rings is 1. The van der Waals surface area contributed by atoms with Crippen LogP contribution in [-0.4, -0.2) is 53.4 Å². The number of nitrogens with zero attached hydrogens (tertiary/aromatic N) is 8. The van der Waals surface area contributed by atoms with E-state index in [1.807, 2.05) is 28.3 Å². The molecule has 1 saturated heterocycles. The van der Waals surface area contributed by atoms with E-state index in [1.165, 1.54) is 0 Å². The fourth-order valence-electron chi connectivity index (χ4n) is 2.88. The van der Waals surface area contributed by atoms with Crippen molar-refractivity contribution in [1.82, 2.24) is 34.3 Å². The Morgan fingerprint density at radius 1 is 1.25 bits per heavy atom. The quantitative estimate of drug-likeness (QED) is 0.506. The first kappa shape index (κ1) is 13.9. The van der Waals surface area contributed by atoms with Gasteiger partial charge in [-0.3, -0.25) is 4.31 Å². The maximum Gasteiger partial charge on any atom is 0.257 e. The van der Waals surface area contributed by atoms with E-state index in [0.717, 1.165) is 35.0 Å². The van der Waals surface area contributed by atoms with Gasteiger partial charge in [-0.1, -0.05) is 0 Å². The van der Waals surface area contributed by atoms with E-state index in [4.69, 9.17) is 4.74 Å². The van der Waals surface area contributed by atoms with Gasteiger partial charge in [-0.2, -0.15) is 14.6 Å². The first-order valence-electron chi connectivity index (χ1n) is 7.69. The summed E-state index contributed by atoms with van der Waals surface area (Å²) in [5.74, 6) is 1.83. The normalized spacial score (nSPS) is 15.8. The maximum atomic E-state index is 5.36. The highest BCUT2D eigenvalue weighted by atomic mass is 32.2. The number of hydrogen-bond acceptors (Lipinski definition) is 8. The van der Waals surface area contributed by atoms with Crippen LogP contribution in [0.4, 0.5) is 5.95 Å². The van der Waals surface area contributed by atoms with Crippen LogP contribution in [0.15, 0.2) is 18.6 Å². The van der Waals surface area contributed by atoms with Crippen LogP contribution in [0.3, 0.4) is 0 Å². The molecule has 10 heteroatoms. The molecule has 4 aromatic heterocycles. The number of hydrogen-bond donors (Lipinski definition) is 0. The molecule has 5 rings (SSSR count). The number of rotatable bonds is 2.